The normalized spacial score (nSPS) is 17.3. The quantitative estimate of drug-likeness (QED) is 0.874. The average molecular weight is 299 g/mol. The molecule has 0 bridgehead atoms. The van der Waals surface area contributed by atoms with Crippen LogP contribution in [-0.4, -0.2) is 21.6 Å². The predicted molar refractivity (Wildman–Crippen MR) is 87.5 cm³/mol. The van der Waals surface area contributed by atoms with Crippen LogP contribution >= 0.6 is 0 Å². The van der Waals surface area contributed by atoms with Crippen LogP contribution in [0.5, 0.6) is 0 Å². The largest absolute Gasteiger partial charge is 0.354 e. The SMILES string of the molecule is O=C(CC1(n2cccc2)CCCCC1)NCCn1cccc1. The van der Waals surface area contributed by atoms with E-state index in [-0.39, 0.29) is 11.4 Å². The van der Waals surface area contributed by atoms with Crippen molar-refractivity contribution in [3.05, 3.63) is 49.1 Å². The van der Waals surface area contributed by atoms with Crippen LogP contribution in [0.15, 0.2) is 49.1 Å². The minimum absolute atomic E-state index is 0.0146. The molecule has 0 aliphatic heterocycles. The maximum atomic E-state index is 12.4. The lowest BCUT2D eigenvalue weighted by Gasteiger charge is -2.38. The molecule has 1 saturated carbocycles. The minimum atomic E-state index is -0.0146. The first kappa shape index (κ1) is 14.9. The van der Waals surface area contributed by atoms with Crippen LogP contribution in [0.25, 0.3) is 0 Å². The number of rotatable bonds is 6. The zero-order valence-electron chi connectivity index (χ0n) is 13.1. The van der Waals surface area contributed by atoms with Gasteiger partial charge >= 0.3 is 0 Å². The number of carbonyl (C=O) groups excluding carboxylic acids is 1. The third-order valence-corrected chi connectivity index (χ3v) is 4.78. The Labute approximate surface area is 132 Å². The molecule has 1 N–H and O–H groups in total. The molecule has 2 aromatic heterocycles. The topological polar surface area (TPSA) is 39.0 Å². The number of nitrogens with one attached hydrogen (secondary N) is 1. The Balaban J connectivity index is 1.57. The summed E-state index contributed by atoms with van der Waals surface area (Å²) in [5.74, 6) is 0.169. The van der Waals surface area contributed by atoms with Crippen molar-refractivity contribution in [1.82, 2.24) is 14.5 Å². The summed E-state index contributed by atoms with van der Waals surface area (Å²) in [5, 5.41) is 3.08. The fourth-order valence-electron chi connectivity index (χ4n) is 3.59. The summed E-state index contributed by atoms with van der Waals surface area (Å²) in [4.78, 5) is 12.4. The van der Waals surface area contributed by atoms with Crippen molar-refractivity contribution >= 4 is 5.91 Å². The summed E-state index contributed by atoms with van der Waals surface area (Å²) in [6.45, 7) is 1.52. The summed E-state index contributed by atoms with van der Waals surface area (Å²) in [7, 11) is 0. The van der Waals surface area contributed by atoms with Gasteiger partial charge in [-0.1, -0.05) is 19.3 Å². The number of amides is 1. The molecule has 1 aliphatic rings. The van der Waals surface area contributed by atoms with Crippen molar-refractivity contribution in [2.75, 3.05) is 6.54 Å². The van der Waals surface area contributed by atoms with E-state index in [4.69, 9.17) is 0 Å². The van der Waals surface area contributed by atoms with Crippen molar-refractivity contribution in [3.8, 4) is 0 Å². The number of hydrogen-bond donors (Lipinski definition) is 1. The maximum Gasteiger partial charge on any atom is 0.222 e. The second-order valence-corrected chi connectivity index (χ2v) is 6.32. The number of hydrogen-bond acceptors (Lipinski definition) is 1. The van der Waals surface area contributed by atoms with Gasteiger partial charge in [-0.2, -0.15) is 0 Å². The van der Waals surface area contributed by atoms with Gasteiger partial charge in [-0.25, -0.2) is 0 Å². The zero-order valence-corrected chi connectivity index (χ0v) is 13.1. The van der Waals surface area contributed by atoms with E-state index < -0.39 is 0 Å². The predicted octanol–water partition coefficient (Wildman–Crippen LogP) is 3.16. The van der Waals surface area contributed by atoms with Gasteiger partial charge in [0, 0.05) is 37.9 Å². The van der Waals surface area contributed by atoms with E-state index in [9.17, 15) is 4.79 Å². The lowest BCUT2D eigenvalue weighted by atomic mass is 9.78. The molecule has 0 radical (unpaired) electrons. The highest BCUT2D eigenvalue weighted by Crippen LogP contribution is 2.37. The highest BCUT2D eigenvalue weighted by Gasteiger charge is 2.35. The Morgan fingerprint density at radius 2 is 1.59 bits per heavy atom. The Hall–Kier alpha value is -1.97. The minimum Gasteiger partial charge on any atom is -0.354 e. The van der Waals surface area contributed by atoms with Crippen LogP contribution in [0.4, 0.5) is 0 Å². The molecular weight excluding hydrogens is 274 g/mol. The molecule has 0 atom stereocenters. The van der Waals surface area contributed by atoms with Gasteiger partial charge in [0.05, 0.1) is 12.0 Å². The van der Waals surface area contributed by atoms with E-state index in [1.165, 1.54) is 19.3 Å². The number of nitrogens with zero attached hydrogens (tertiary/aromatic N) is 2. The summed E-state index contributed by atoms with van der Waals surface area (Å²) < 4.78 is 4.35. The van der Waals surface area contributed by atoms with Gasteiger partial charge in [0.2, 0.25) is 5.91 Å². The second-order valence-electron chi connectivity index (χ2n) is 6.32. The maximum absolute atomic E-state index is 12.4. The van der Waals surface area contributed by atoms with Gasteiger partial charge in [-0.05, 0) is 37.1 Å². The fraction of sp³-hybridized carbons (Fsp3) is 0.500. The Kier molecular flexibility index (Phi) is 4.66. The smallest absolute Gasteiger partial charge is 0.222 e. The van der Waals surface area contributed by atoms with Crippen LogP contribution in [0.2, 0.25) is 0 Å². The molecule has 4 heteroatoms. The highest BCUT2D eigenvalue weighted by atomic mass is 16.1. The molecule has 0 unspecified atom stereocenters. The first-order valence-electron chi connectivity index (χ1n) is 8.29. The van der Waals surface area contributed by atoms with E-state index in [0.29, 0.717) is 13.0 Å². The molecule has 2 aromatic rings. The van der Waals surface area contributed by atoms with E-state index in [1.807, 2.05) is 24.5 Å². The third-order valence-electron chi connectivity index (χ3n) is 4.78. The van der Waals surface area contributed by atoms with Crippen LogP contribution < -0.4 is 5.32 Å². The van der Waals surface area contributed by atoms with Crippen molar-refractivity contribution in [1.29, 1.82) is 0 Å². The summed E-state index contributed by atoms with van der Waals surface area (Å²) in [5.41, 5.74) is -0.0146. The van der Waals surface area contributed by atoms with Crippen LogP contribution in [0, 0.1) is 0 Å². The molecule has 0 spiro atoms. The molecule has 22 heavy (non-hydrogen) atoms. The van der Waals surface area contributed by atoms with Crippen LogP contribution in [0.3, 0.4) is 0 Å². The fourth-order valence-corrected chi connectivity index (χ4v) is 3.59. The molecule has 1 amide bonds. The van der Waals surface area contributed by atoms with Gasteiger partial charge in [0.15, 0.2) is 0 Å². The average Bonchev–Trinajstić information content (AvgIpc) is 3.22. The van der Waals surface area contributed by atoms with Crippen molar-refractivity contribution in [2.45, 2.75) is 50.6 Å². The van der Waals surface area contributed by atoms with Crippen molar-refractivity contribution < 1.29 is 4.79 Å². The summed E-state index contributed by atoms with van der Waals surface area (Å²) in [6, 6.07) is 8.12. The molecule has 3 rings (SSSR count). The number of carbonyl (C=O) groups is 1. The molecule has 1 aliphatic carbocycles. The van der Waals surface area contributed by atoms with Crippen molar-refractivity contribution in [3.63, 3.8) is 0 Å². The lowest BCUT2D eigenvalue weighted by Crippen LogP contribution is -2.41. The lowest BCUT2D eigenvalue weighted by molar-refractivity contribution is -0.123. The van der Waals surface area contributed by atoms with E-state index in [1.54, 1.807) is 0 Å². The Morgan fingerprint density at radius 3 is 2.27 bits per heavy atom. The first-order valence-corrected chi connectivity index (χ1v) is 8.29. The Bertz CT molecular complexity index is 566. The van der Waals surface area contributed by atoms with E-state index in [2.05, 4.69) is 39.0 Å². The van der Waals surface area contributed by atoms with Gasteiger partial charge in [0.1, 0.15) is 0 Å². The van der Waals surface area contributed by atoms with Gasteiger partial charge < -0.3 is 14.5 Å². The zero-order chi connectivity index (χ0) is 15.3. The molecule has 1 fully saturated rings. The summed E-state index contributed by atoms with van der Waals surface area (Å²) >= 11 is 0. The van der Waals surface area contributed by atoms with E-state index in [0.717, 1.165) is 19.4 Å². The highest BCUT2D eigenvalue weighted by molar-refractivity contribution is 5.76. The number of aromatic nitrogens is 2. The van der Waals surface area contributed by atoms with Gasteiger partial charge in [0.25, 0.3) is 0 Å². The molecular formula is C18H25N3O. The monoisotopic (exact) mass is 299 g/mol. The molecule has 0 aromatic carbocycles. The van der Waals surface area contributed by atoms with Crippen LogP contribution in [-0.2, 0) is 16.9 Å². The molecule has 0 saturated heterocycles. The molecule has 118 valence electrons. The first-order chi connectivity index (χ1) is 10.8. The second kappa shape index (κ2) is 6.86. The molecule has 2 heterocycles. The van der Waals surface area contributed by atoms with E-state index >= 15 is 0 Å². The third kappa shape index (κ3) is 3.43. The van der Waals surface area contributed by atoms with Crippen LogP contribution in [0.1, 0.15) is 38.5 Å². The standard InChI is InChI=1S/C18H25N3O/c22-17(19-10-15-20-11-4-5-12-20)16-18(8-2-1-3-9-18)21-13-6-7-14-21/h4-7,11-14H,1-3,8-10,15-16H2,(H,19,22). The van der Waals surface area contributed by atoms with Crippen molar-refractivity contribution in [2.24, 2.45) is 0 Å². The molecule has 4 nitrogen and oxygen atoms in total. The van der Waals surface area contributed by atoms with Gasteiger partial charge in [-0.15, -0.1) is 0 Å². The van der Waals surface area contributed by atoms with Gasteiger partial charge in [-0.3, -0.25) is 4.79 Å². The Morgan fingerprint density at radius 1 is 0.955 bits per heavy atom. The summed E-state index contributed by atoms with van der Waals surface area (Å²) in [6.07, 6.45) is 14.8.